The van der Waals surface area contributed by atoms with Gasteiger partial charge in [-0.1, -0.05) is 26.0 Å². The number of furan rings is 1. The summed E-state index contributed by atoms with van der Waals surface area (Å²) in [6, 6.07) is 7.15. The molecule has 1 aromatic heterocycles. The van der Waals surface area contributed by atoms with Crippen LogP contribution in [0.2, 0.25) is 0 Å². The molecule has 182 valence electrons. The Morgan fingerprint density at radius 1 is 1.09 bits per heavy atom. The van der Waals surface area contributed by atoms with Gasteiger partial charge >= 0.3 is 0 Å². The third-order valence-electron chi connectivity index (χ3n) is 5.85. The second-order valence-corrected chi connectivity index (χ2v) is 11.8. The smallest absolute Gasteiger partial charge is 0.287 e. The minimum Gasteiger partial charge on any atom is -0.455 e. The number of rotatable bonds is 9. The molecule has 9 nitrogen and oxygen atoms in total. The van der Waals surface area contributed by atoms with Gasteiger partial charge in [0, 0.05) is 32.2 Å². The van der Waals surface area contributed by atoms with Crippen molar-refractivity contribution in [3.05, 3.63) is 47.4 Å². The second kappa shape index (κ2) is 9.96. The Balaban J connectivity index is 1.74. The maximum Gasteiger partial charge on any atom is 0.287 e. The van der Waals surface area contributed by atoms with Crippen molar-refractivity contribution in [2.75, 3.05) is 26.2 Å². The first-order valence-electron chi connectivity index (χ1n) is 11.0. The Bertz CT molecular complexity index is 1190. The Morgan fingerprint density at radius 2 is 1.67 bits per heavy atom. The SMILES string of the molecule is CCN(CC)S(=O)(=O)c1ccc(C(C)NC(=O)c2cc(S(=O)(=O)N3CCCC3)c(C)o2)cc1. The number of carbonyl (C=O) groups is 1. The van der Waals surface area contributed by atoms with E-state index in [9.17, 15) is 21.6 Å². The number of carbonyl (C=O) groups excluding carboxylic acids is 1. The molecule has 0 aliphatic carbocycles. The maximum atomic E-state index is 12.8. The highest BCUT2D eigenvalue weighted by molar-refractivity contribution is 7.89. The van der Waals surface area contributed by atoms with Crippen molar-refractivity contribution in [3.63, 3.8) is 0 Å². The molecule has 0 radical (unpaired) electrons. The highest BCUT2D eigenvalue weighted by atomic mass is 32.2. The van der Waals surface area contributed by atoms with Gasteiger partial charge in [-0.25, -0.2) is 16.8 Å². The van der Waals surface area contributed by atoms with Gasteiger partial charge in [0.05, 0.1) is 10.9 Å². The highest BCUT2D eigenvalue weighted by Gasteiger charge is 2.32. The highest BCUT2D eigenvalue weighted by Crippen LogP contribution is 2.27. The molecule has 3 rings (SSSR count). The van der Waals surface area contributed by atoms with E-state index in [1.54, 1.807) is 32.9 Å². The van der Waals surface area contributed by atoms with Crippen LogP contribution in [0.25, 0.3) is 0 Å². The van der Waals surface area contributed by atoms with E-state index in [4.69, 9.17) is 4.42 Å². The molecule has 1 aromatic carbocycles. The maximum absolute atomic E-state index is 12.8. The van der Waals surface area contributed by atoms with Crippen molar-refractivity contribution in [1.29, 1.82) is 0 Å². The van der Waals surface area contributed by atoms with Gasteiger partial charge in [-0.15, -0.1) is 0 Å². The number of aryl methyl sites for hydroxylation is 1. The molecular formula is C22H31N3O6S2. The van der Waals surface area contributed by atoms with E-state index < -0.39 is 32.0 Å². The predicted molar refractivity (Wildman–Crippen MR) is 124 cm³/mol. The molecule has 2 aromatic rings. The van der Waals surface area contributed by atoms with Crippen molar-refractivity contribution in [2.24, 2.45) is 0 Å². The molecule has 1 unspecified atom stereocenters. The summed E-state index contributed by atoms with van der Waals surface area (Å²) in [5, 5.41) is 2.78. The Morgan fingerprint density at radius 3 is 2.21 bits per heavy atom. The van der Waals surface area contributed by atoms with Gasteiger partial charge in [0.2, 0.25) is 20.0 Å². The van der Waals surface area contributed by atoms with Gasteiger partial charge in [0.1, 0.15) is 10.7 Å². The standard InChI is InChI=1S/C22H31N3O6S2/c1-5-24(6-2)32(27,28)19-11-9-18(10-12-19)16(3)23-22(26)20-15-21(17(4)31-20)33(29,30)25-13-7-8-14-25/h9-12,15-16H,5-8,13-14H2,1-4H3,(H,23,26). The van der Waals surface area contributed by atoms with Gasteiger partial charge in [-0.05, 0) is 44.4 Å². The molecular weight excluding hydrogens is 466 g/mol. The van der Waals surface area contributed by atoms with Crippen LogP contribution in [-0.4, -0.2) is 57.5 Å². The first-order chi connectivity index (χ1) is 15.5. The number of benzene rings is 1. The summed E-state index contributed by atoms with van der Waals surface area (Å²) in [5.41, 5.74) is 0.704. The summed E-state index contributed by atoms with van der Waals surface area (Å²) in [5.74, 6) is -0.461. The summed E-state index contributed by atoms with van der Waals surface area (Å²) in [6.45, 7) is 8.53. The van der Waals surface area contributed by atoms with Crippen molar-refractivity contribution in [2.45, 2.75) is 56.4 Å². The fourth-order valence-corrected chi connectivity index (χ4v) is 7.03. The van der Waals surface area contributed by atoms with Crippen molar-refractivity contribution in [1.82, 2.24) is 13.9 Å². The van der Waals surface area contributed by atoms with Crippen LogP contribution in [-0.2, 0) is 20.0 Å². The minimum atomic E-state index is -3.69. The Kier molecular flexibility index (Phi) is 7.67. The van der Waals surface area contributed by atoms with E-state index in [0.29, 0.717) is 31.7 Å². The van der Waals surface area contributed by atoms with E-state index in [-0.39, 0.29) is 21.3 Å². The molecule has 1 fully saturated rings. The van der Waals surface area contributed by atoms with Gasteiger partial charge in [0.25, 0.3) is 5.91 Å². The number of hydrogen-bond acceptors (Lipinski definition) is 6. The lowest BCUT2D eigenvalue weighted by molar-refractivity contribution is 0.0910. The van der Waals surface area contributed by atoms with Crippen LogP contribution in [0.4, 0.5) is 0 Å². The summed E-state index contributed by atoms with van der Waals surface area (Å²) < 4.78 is 59.2. The zero-order valence-corrected chi connectivity index (χ0v) is 21.0. The average molecular weight is 498 g/mol. The lowest BCUT2D eigenvalue weighted by Crippen LogP contribution is -2.30. The van der Waals surface area contributed by atoms with Gasteiger partial charge in [-0.3, -0.25) is 4.79 Å². The molecule has 1 atom stereocenters. The number of nitrogens with one attached hydrogen (secondary N) is 1. The average Bonchev–Trinajstić information content (AvgIpc) is 3.45. The number of hydrogen-bond donors (Lipinski definition) is 1. The zero-order chi connectivity index (χ0) is 24.4. The molecule has 0 spiro atoms. The summed E-state index contributed by atoms with van der Waals surface area (Å²) >= 11 is 0. The lowest BCUT2D eigenvalue weighted by atomic mass is 10.1. The van der Waals surface area contributed by atoms with Crippen LogP contribution < -0.4 is 5.32 Å². The van der Waals surface area contributed by atoms with Crippen LogP contribution in [0.5, 0.6) is 0 Å². The molecule has 1 aliphatic rings. The molecule has 1 amide bonds. The van der Waals surface area contributed by atoms with E-state index in [0.717, 1.165) is 12.8 Å². The monoisotopic (exact) mass is 497 g/mol. The number of sulfonamides is 2. The fourth-order valence-electron chi connectivity index (χ4n) is 3.89. The molecule has 33 heavy (non-hydrogen) atoms. The van der Waals surface area contributed by atoms with E-state index in [2.05, 4.69) is 5.32 Å². The lowest BCUT2D eigenvalue weighted by Gasteiger charge is -2.19. The summed E-state index contributed by atoms with van der Waals surface area (Å²) in [7, 11) is -7.26. The van der Waals surface area contributed by atoms with Gasteiger partial charge in [-0.2, -0.15) is 8.61 Å². The predicted octanol–water partition coefficient (Wildman–Crippen LogP) is 2.89. The van der Waals surface area contributed by atoms with Crippen LogP contribution in [0.3, 0.4) is 0 Å². The van der Waals surface area contributed by atoms with Crippen LogP contribution in [0.15, 0.2) is 44.5 Å². The first kappa shape index (κ1) is 25.4. The normalized spacial score (nSPS) is 16.3. The Labute approximate surface area is 195 Å². The van der Waals surface area contributed by atoms with E-state index in [1.165, 1.54) is 33.7 Å². The number of nitrogens with zero attached hydrogens (tertiary/aromatic N) is 2. The Hall–Kier alpha value is -2.21. The van der Waals surface area contributed by atoms with E-state index >= 15 is 0 Å². The number of amides is 1. The molecule has 0 saturated carbocycles. The minimum absolute atomic E-state index is 0.00756. The molecule has 11 heteroatoms. The molecule has 1 saturated heterocycles. The third-order valence-corrected chi connectivity index (χ3v) is 9.92. The zero-order valence-electron chi connectivity index (χ0n) is 19.4. The molecule has 2 heterocycles. The van der Waals surface area contributed by atoms with Crippen LogP contribution >= 0.6 is 0 Å². The second-order valence-electron chi connectivity index (χ2n) is 8.00. The first-order valence-corrected chi connectivity index (χ1v) is 13.9. The van der Waals surface area contributed by atoms with Gasteiger partial charge < -0.3 is 9.73 Å². The quantitative estimate of drug-likeness (QED) is 0.569. The van der Waals surface area contributed by atoms with Crippen molar-refractivity contribution in [3.8, 4) is 0 Å². The molecule has 1 aliphatic heterocycles. The summed E-state index contributed by atoms with van der Waals surface area (Å²) in [6.07, 6.45) is 1.63. The van der Waals surface area contributed by atoms with Gasteiger partial charge in [0.15, 0.2) is 5.76 Å². The summed E-state index contributed by atoms with van der Waals surface area (Å²) in [4.78, 5) is 12.9. The van der Waals surface area contributed by atoms with E-state index in [1.807, 2.05) is 0 Å². The van der Waals surface area contributed by atoms with Crippen molar-refractivity contribution < 1.29 is 26.0 Å². The largest absolute Gasteiger partial charge is 0.455 e. The molecule has 0 bridgehead atoms. The van der Waals surface area contributed by atoms with Crippen LogP contribution in [0, 0.1) is 6.92 Å². The van der Waals surface area contributed by atoms with Crippen LogP contribution in [0.1, 0.15) is 61.5 Å². The topological polar surface area (TPSA) is 117 Å². The molecule has 1 N–H and O–H groups in total. The van der Waals surface area contributed by atoms with Crippen molar-refractivity contribution >= 4 is 26.0 Å². The fraction of sp³-hybridized carbons (Fsp3) is 0.500. The third kappa shape index (κ3) is 5.16.